The first-order valence-corrected chi connectivity index (χ1v) is 7.21. The average molecular weight is 278 g/mol. The van der Waals surface area contributed by atoms with Crippen molar-refractivity contribution >= 4 is 41.6 Å². The van der Waals surface area contributed by atoms with E-state index in [0.717, 1.165) is 5.56 Å². The second-order valence-corrected chi connectivity index (χ2v) is 4.93. The molecule has 0 spiro atoms. The van der Waals surface area contributed by atoms with Crippen LogP contribution in [0.4, 0.5) is 4.79 Å². The first-order valence-electron chi connectivity index (χ1n) is 4.47. The Balaban J connectivity index is 2.45. The number of hydrogen-bond donors (Lipinski definition) is 0. The molecule has 6 heteroatoms. The average Bonchev–Trinajstić information content (AvgIpc) is 2.30. The van der Waals surface area contributed by atoms with Gasteiger partial charge in [0.05, 0.1) is 0 Å². The van der Waals surface area contributed by atoms with E-state index in [2.05, 4.69) is 0 Å². The standard InChI is InChI=1S/C10H12ClNO2S2/c1-15-12(16-2)10(13)14-7-8-3-5-9(11)6-4-8/h3-6H,7H2,1-2H3. The fourth-order valence-electron chi connectivity index (χ4n) is 1.00. The lowest BCUT2D eigenvalue weighted by molar-refractivity contribution is 0.135. The normalized spacial score (nSPS) is 9.94. The number of benzene rings is 1. The van der Waals surface area contributed by atoms with Crippen LogP contribution in [0.15, 0.2) is 24.3 Å². The zero-order chi connectivity index (χ0) is 12.0. The van der Waals surface area contributed by atoms with Crippen LogP contribution < -0.4 is 0 Å². The molecule has 1 aromatic rings. The van der Waals surface area contributed by atoms with E-state index < -0.39 is 0 Å². The van der Waals surface area contributed by atoms with Gasteiger partial charge < -0.3 is 4.74 Å². The molecule has 1 aromatic carbocycles. The van der Waals surface area contributed by atoms with Crippen molar-refractivity contribution in [3.8, 4) is 0 Å². The maximum atomic E-state index is 11.5. The Labute approximate surface area is 109 Å². The highest BCUT2D eigenvalue weighted by Gasteiger charge is 2.12. The number of halogens is 1. The van der Waals surface area contributed by atoms with Crippen molar-refractivity contribution in [2.75, 3.05) is 12.5 Å². The number of carbonyl (C=O) groups excluding carboxylic acids is 1. The number of hydrogen-bond acceptors (Lipinski definition) is 4. The Morgan fingerprint density at radius 2 is 1.88 bits per heavy atom. The lowest BCUT2D eigenvalue weighted by atomic mass is 10.2. The molecule has 1 amide bonds. The Morgan fingerprint density at radius 1 is 1.31 bits per heavy atom. The fourth-order valence-corrected chi connectivity index (χ4v) is 2.13. The van der Waals surface area contributed by atoms with E-state index in [1.165, 1.54) is 27.6 Å². The molecule has 0 unspecified atom stereocenters. The van der Waals surface area contributed by atoms with Crippen LogP contribution in [-0.2, 0) is 11.3 Å². The quantitative estimate of drug-likeness (QED) is 0.782. The molecule has 0 atom stereocenters. The molecule has 0 N–H and O–H groups in total. The summed E-state index contributed by atoms with van der Waals surface area (Å²) in [4.78, 5) is 11.5. The predicted octanol–water partition coefficient (Wildman–Crippen LogP) is 3.83. The molecule has 1 rings (SSSR count). The van der Waals surface area contributed by atoms with Gasteiger partial charge >= 0.3 is 6.09 Å². The maximum Gasteiger partial charge on any atom is 0.430 e. The Bertz CT molecular complexity index is 341. The van der Waals surface area contributed by atoms with Gasteiger partial charge in [-0.1, -0.05) is 23.7 Å². The van der Waals surface area contributed by atoms with E-state index in [9.17, 15) is 4.79 Å². The van der Waals surface area contributed by atoms with Crippen LogP contribution >= 0.6 is 35.5 Å². The van der Waals surface area contributed by atoms with E-state index >= 15 is 0 Å². The van der Waals surface area contributed by atoms with Gasteiger partial charge in [0.1, 0.15) is 6.61 Å². The minimum atomic E-state index is -0.352. The number of rotatable bonds is 4. The molecule has 0 saturated carbocycles. The SMILES string of the molecule is CSN(SC)C(=O)OCc1ccc(Cl)cc1. The van der Waals surface area contributed by atoms with Gasteiger partial charge in [-0.25, -0.2) is 4.79 Å². The molecule has 0 aliphatic carbocycles. The van der Waals surface area contributed by atoms with Gasteiger partial charge in [0.15, 0.2) is 0 Å². The lowest BCUT2D eigenvalue weighted by Gasteiger charge is -2.15. The molecule has 88 valence electrons. The first-order chi connectivity index (χ1) is 7.67. The van der Waals surface area contributed by atoms with Crippen molar-refractivity contribution < 1.29 is 9.53 Å². The molecule has 0 aliphatic heterocycles. The second-order valence-electron chi connectivity index (χ2n) is 2.80. The van der Waals surface area contributed by atoms with E-state index in [0.29, 0.717) is 5.02 Å². The Morgan fingerprint density at radius 3 is 2.38 bits per heavy atom. The zero-order valence-corrected chi connectivity index (χ0v) is 11.4. The van der Waals surface area contributed by atoms with Crippen LogP contribution in [0.1, 0.15) is 5.56 Å². The molecule has 3 nitrogen and oxygen atoms in total. The molecule has 0 aliphatic rings. The summed E-state index contributed by atoms with van der Waals surface area (Å²) < 4.78 is 6.58. The summed E-state index contributed by atoms with van der Waals surface area (Å²) in [5.41, 5.74) is 0.917. The van der Waals surface area contributed by atoms with Crippen molar-refractivity contribution in [2.45, 2.75) is 6.61 Å². The van der Waals surface area contributed by atoms with Gasteiger partial charge in [0.25, 0.3) is 0 Å². The van der Waals surface area contributed by atoms with Crippen molar-refractivity contribution in [1.82, 2.24) is 3.71 Å². The molecule has 0 radical (unpaired) electrons. The van der Waals surface area contributed by atoms with Gasteiger partial charge in [-0.3, -0.25) is 0 Å². The molecule has 0 fully saturated rings. The van der Waals surface area contributed by atoms with E-state index in [1.807, 2.05) is 24.6 Å². The summed E-state index contributed by atoms with van der Waals surface area (Å²) in [6, 6.07) is 7.20. The summed E-state index contributed by atoms with van der Waals surface area (Å²) in [7, 11) is 0. The third-order valence-corrected chi connectivity index (χ3v) is 3.86. The molecule has 16 heavy (non-hydrogen) atoms. The third-order valence-electron chi connectivity index (χ3n) is 1.76. The highest BCUT2D eigenvalue weighted by molar-refractivity contribution is 8.12. The van der Waals surface area contributed by atoms with Crippen LogP contribution in [0.25, 0.3) is 0 Å². The zero-order valence-electron chi connectivity index (χ0n) is 8.97. The maximum absolute atomic E-state index is 11.5. The van der Waals surface area contributed by atoms with Crippen molar-refractivity contribution in [1.29, 1.82) is 0 Å². The van der Waals surface area contributed by atoms with Gasteiger partial charge in [-0.15, -0.1) is 0 Å². The highest BCUT2D eigenvalue weighted by atomic mass is 35.5. The van der Waals surface area contributed by atoms with Gasteiger partial charge in [0, 0.05) is 17.5 Å². The number of carbonyl (C=O) groups is 1. The van der Waals surface area contributed by atoms with Gasteiger partial charge in [-0.05, 0) is 41.6 Å². The summed E-state index contributed by atoms with van der Waals surface area (Å²) in [5, 5.41) is 0.671. The first kappa shape index (κ1) is 13.5. The summed E-state index contributed by atoms with van der Waals surface area (Å²) >= 11 is 8.38. The molecule has 0 bridgehead atoms. The smallest absolute Gasteiger partial charge is 0.430 e. The molecule has 0 aromatic heterocycles. The number of ether oxygens (including phenoxy) is 1. The Kier molecular flexibility index (Phi) is 5.87. The second kappa shape index (κ2) is 6.93. The van der Waals surface area contributed by atoms with Crippen molar-refractivity contribution in [2.24, 2.45) is 0 Å². The largest absolute Gasteiger partial charge is 0.443 e. The highest BCUT2D eigenvalue weighted by Crippen LogP contribution is 2.18. The minimum absolute atomic E-state index is 0.258. The minimum Gasteiger partial charge on any atom is -0.443 e. The van der Waals surface area contributed by atoms with E-state index in [1.54, 1.807) is 12.1 Å². The summed E-state index contributed by atoms with van der Waals surface area (Å²) in [6.45, 7) is 0.258. The van der Waals surface area contributed by atoms with Crippen LogP contribution in [0.2, 0.25) is 5.02 Å². The van der Waals surface area contributed by atoms with E-state index in [4.69, 9.17) is 16.3 Å². The van der Waals surface area contributed by atoms with Gasteiger partial charge in [0.2, 0.25) is 0 Å². The van der Waals surface area contributed by atoms with Crippen LogP contribution in [0.5, 0.6) is 0 Å². The molecule has 0 saturated heterocycles. The number of amides is 1. The van der Waals surface area contributed by atoms with Gasteiger partial charge in [-0.2, -0.15) is 3.71 Å². The topological polar surface area (TPSA) is 29.5 Å². The van der Waals surface area contributed by atoms with Crippen LogP contribution in [0.3, 0.4) is 0 Å². The van der Waals surface area contributed by atoms with E-state index in [-0.39, 0.29) is 12.7 Å². The summed E-state index contributed by atoms with van der Waals surface area (Å²) in [6.07, 6.45) is 3.29. The summed E-state index contributed by atoms with van der Waals surface area (Å²) in [5.74, 6) is 0. The fraction of sp³-hybridized carbons (Fsp3) is 0.300. The monoisotopic (exact) mass is 277 g/mol. The van der Waals surface area contributed by atoms with Crippen LogP contribution in [-0.4, -0.2) is 22.3 Å². The third kappa shape index (κ3) is 4.15. The Hall–Kier alpha value is -0.520. The molecule has 0 heterocycles. The lowest BCUT2D eigenvalue weighted by Crippen LogP contribution is -2.17. The van der Waals surface area contributed by atoms with Crippen molar-refractivity contribution in [3.63, 3.8) is 0 Å². The number of nitrogens with zero attached hydrogens (tertiary/aromatic N) is 1. The predicted molar refractivity (Wildman–Crippen MR) is 70.5 cm³/mol. The molecular formula is C10H12ClNO2S2. The van der Waals surface area contributed by atoms with Crippen molar-refractivity contribution in [3.05, 3.63) is 34.9 Å². The molecular weight excluding hydrogens is 266 g/mol. The van der Waals surface area contributed by atoms with Crippen LogP contribution in [0, 0.1) is 0 Å².